The van der Waals surface area contributed by atoms with Crippen LogP contribution in [0.1, 0.15) is 32.3 Å². The molecule has 0 unspecified atom stereocenters. The highest BCUT2D eigenvalue weighted by Gasteiger charge is 2.25. The first-order valence-electron chi connectivity index (χ1n) is 5.19. The molecule has 1 nitrogen and oxygen atoms in total. The van der Waals surface area contributed by atoms with E-state index in [9.17, 15) is 4.39 Å². The zero-order chi connectivity index (χ0) is 11.5. The SMILES string of the molecule is COC[C@@H](c1ccc(F)cc1)C(C)(C)C. The maximum Gasteiger partial charge on any atom is 0.123 e. The van der Waals surface area contributed by atoms with Crippen LogP contribution < -0.4 is 0 Å². The zero-order valence-corrected chi connectivity index (χ0v) is 9.88. The molecule has 0 saturated heterocycles. The third-order valence-electron chi connectivity index (χ3n) is 2.65. The van der Waals surface area contributed by atoms with E-state index in [1.54, 1.807) is 7.11 Å². The number of benzene rings is 1. The van der Waals surface area contributed by atoms with Gasteiger partial charge in [-0.2, -0.15) is 0 Å². The zero-order valence-electron chi connectivity index (χ0n) is 9.88. The molecule has 1 atom stereocenters. The van der Waals surface area contributed by atoms with Crippen molar-refractivity contribution in [3.8, 4) is 0 Å². The molecule has 84 valence electrons. The lowest BCUT2D eigenvalue weighted by Gasteiger charge is -2.30. The van der Waals surface area contributed by atoms with Crippen LogP contribution in [0.5, 0.6) is 0 Å². The summed E-state index contributed by atoms with van der Waals surface area (Å²) in [5.41, 5.74) is 1.25. The second-order valence-corrected chi connectivity index (χ2v) is 4.93. The minimum absolute atomic E-state index is 0.119. The number of ether oxygens (including phenoxy) is 1. The first-order valence-corrected chi connectivity index (χ1v) is 5.19. The summed E-state index contributed by atoms with van der Waals surface area (Å²) in [6.45, 7) is 7.16. The van der Waals surface area contributed by atoms with Gasteiger partial charge in [0, 0.05) is 13.0 Å². The summed E-state index contributed by atoms with van der Waals surface area (Å²) >= 11 is 0. The number of halogens is 1. The fourth-order valence-corrected chi connectivity index (χ4v) is 1.71. The first kappa shape index (κ1) is 12.2. The molecule has 15 heavy (non-hydrogen) atoms. The fourth-order valence-electron chi connectivity index (χ4n) is 1.71. The standard InChI is InChI=1S/C13H19FO/c1-13(2,3)12(9-15-4)10-5-7-11(14)8-6-10/h5-8,12H,9H2,1-4H3/t12-/m0/s1. The van der Waals surface area contributed by atoms with Crippen LogP contribution >= 0.6 is 0 Å². The van der Waals surface area contributed by atoms with Gasteiger partial charge in [0.05, 0.1) is 6.61 Å². The van der Waals surface area contributed by atoms with E-state index in [2.05, 4.69) is 20.8 Å². The molecule has 1 rings (SSSR count). The van der Waals surface area contributed by atoms with Crippen LogP contribution in [-0.4, -0.2) is 13.7 Å². The fraction of sp³-hybridized carbons (Fsp3) is 0.538. The van der Waals surface area contributed by atoms with Crippen molar-refractivity contribution >= 4 is 0 Å². The Balaban J connectivity index is 2.94. The summed E-state index contributed by atoms with van der Waals surface area (Å²) < 4.78 is 18.0. The van der Waals surface area contributed by atoms with Crippen molar-refractivity contribution in [2.24, 2.45) is 5.41 Å². The molecule has 0 aliphatic carbocycles. The summed E-state index contributed by atoms with van der Waals surface area (Å²) in [6, 6.07) is 6.68. The third kappa shape index (κ3) is 3.31. The molecule has 0 aromatic heterocycles. The van der Waals surface area contributed by atoms with E-state index in [1.165, 1.54) is 12.1 Å². The maximum absolute atomic E-state index is 12.8. The second-order valence-electron chi connectivity index (χ2n) is 4.93. The minimum atomic E-state index is -0.191. The Bertz CT molecular complexity index is 297. The largest absolute Gasteiger partial charge is 0.384 e. The summed E-state index contributed by atoms with van der Waals surface area (Å²) in [4.78, 5) is 0. The highest BCUT2D eigenvalue weighted by molar-refractivity contribution is 5.22. The Morgan fingerprint density at radius 2 is 1.73 bits per heavy atom. The Morgan fingerprint density at radius 1 is 1.20 bits per heavy atom. The van der Waals surface area contributed by atoms with Gasteiger partial charge in [-0.15, -0.1) is 0 Å². The van der Waals surface area contributed by atoms with Crippen LogP contribution in [0.25, 0.3) is 0 Å². The lowest BCUT2D eigenvalue weighted by Crippen LogP contribution is -2.22. The molecule has 0 radical (unpaired) electrons. The number of hydrogen-bond acceptors (Lipinski definition) is 1. The lowest BCUT2D eigenvalue weighted by atomic mass is 9.77. The average molecular weight is 210 g/mol. The van der Waals surface area contributed by atoms with Crippen molar-refractivity contribution in [2.45, 2.75) is 26.7 Å². The van der Waals surface area contributed by atoms with Crippen LogP contribution in [0.2, 0.25) is 0 Å². The predicted octanol–water partition coefficient (Wildman–Crippen LogP) is 3.60. The third-order valence-corrected chi connectivity index (χ3v) is 2.65. The van der Waals surface area contributed by atoms with Gasteiger partial charge in [0.25, 0.3) is 0 Å². The smallest absolute Gasteiger partial charge is 0.123 e. The van der Waals surface area contributed by atoms with Gasteiger partial charge in [0.2, 0.25) is 0 Å². The Hall–Kier alpha value is -0.890. The molecule has 0 saturated carbocycles. The summed E-state index contributed by atoms with van der Waals surface area (Å²) in [5.74, 6) is 0.104. The molecule has 0 amide bonds. The molecule has 0 aliphatic heterocycles. The number of rotatable bonds is 3. The Morgan fingerprint density at radius 3 is 2.13 bits per heavy atom. The van der Waals surface area contributed by atoms with Gasteiger partial charge in [-0.1, -0.05) is 32.9 Å². The van der Waals surface area contributed by atoms with Gasteiger partial charge >= 0.3 is 0 Å². The molecule has 0 fully saturated rings. The normalized spacial score (nSPS) is 13.9. The summed E-state index contributed by atoms with van der Waals surface area (Å²) in [7, 11) is 1.70. The van der Waals surface area contributed by atoms with Gasteiger partial charge in [-0.05, 0) is 23.1 Å². The average Bonchev–Trinajstić information content (AvgIpc) is 2.14. The van der Waals surface area contributed by atoms with Gasteiger partial charge in [0.1, 0.15) is 5.82 Å². The maximum atomic E-state index is 12.8. The molecular weight excluding hydrogens is 191 g/mol. The first-order chi connectivity index (χ1) is 6.95. The van der Waals surface area contributed by atoms with Crippen molar-refractivity contribution < 1.29 is 9.13 Å². The van der Waals surface area contributed by atoms with Crippen molar-refractivity contribution in [2.75, 3.05) is 13.7 Å². The Kier molecular flexibility index (Phi) is 3.86. The van der Waals surface area contributed by atoms with Crippen LogP contribution in [0.3, 0.4) is 0 Å². The topological polar surface area (TPSA) is 9.23 Å². The molecule has 0 aliphatic rings. The van der Waals surface area contributed by atoms with Crippen molar-refractivity contribution in [1.29, 1.82) is 0 Å². The quantitative estimate of drug-likeness (QED) is 0.740. The monoisotopic (exact) mass is 210 g/mol. The molecule has 0 spiro atoms. The molecular formula is C13H19FO. The van der Waals surface area contributed by atoms with Crippen LogP contribution in [0, 0.1) is 11.2 Å². The van der Waals surface area contributed by atoms with E-state index >= 15 is 0 Å². The van der Waals surface area contributed by atoms with Crippen molar-refractivity contribution in [3.05, 3.63) is 35.6 Å². The summed E-state index contributed by atoms with van der Waals surface area (Å²) in [5, 5.41) is 0. The van der Waals surface area contributed by atoms with Crippen LogP contribution in [0.15, 0.2) is 24.3 Å². The minimum Gasteiger partial charge on any atom is -0.384 e. The summed E-state index contributed by atoms with van der Waals surface area (Å²) in [6.07, 6.45) is 0. The van der Waals surface area contributed by atoms with Crippen molar-refractivity contribution in [3.63, 3.8) is 0 Å². The highest BCUT2D eigenvalue weighted by atomic mass is 19.1. The van der Waals surface area contributed by atoms with Crippen molar-refractivity contribution in [1.82, 2.24) is 0 Å². The van der Waals surface area contributed by atoms with Crippen LogP contribution in [-0.2, 0) is 4.74 Å². The van der Waals surface area contributed by atoms with E-state index in [0.717, 1.165) is 5.56 Å². The number of hydrogen-bond donors (Lipinski definition) is 0. The molecule has 1 aromatic rings. The van der Waals surface area contributed by atoms with Gasteiger partial charge in [0.15, 0.2) is 0 Å². The van der Waals surface area contributed by atoms with E-state index in [4.69, 9.17) is 4.74 Å². The molecule has 0 heterocycles. The molecule has 1 aromatic carbocycles. The van der Waals surface area contributed by atoms with E-state index in [1.807, 2.05) is 12.1 Å². The Labute approximate surface area is 91.3 Å². The number of methoxy groups -OCH3 is 1. The molecule has 0 bridgehead atoms. The van der Waals surface area contributed by atoms with Gasteiger partial charge in [-0.25, -0.2) is 4.39 Å². The van der Waals surface area contributed by atoms with Gasteiger partial charge in [-0.3, -0.25) is 0 Å². The lowest BCUT2D eigenvalue weighted by molar-refractivity contribution is 0.132. The second kappa shape index (κ2) is 4.75. The van der Waals surface area contributed by atoms with Gasteiger partial charge < -0.3 is 4.74 Å². The van der Waals surface area contributed by atoms with E-state index in [-0.39, 0.29) is 11.2 Å². The van der Waals surface area contributed by atoms with E-state index < -0.39 is 0 Å². The molecule has 2 heteroatoms. The predicted molar refractivity (Wildman–Crippen MR) is 60.5 cm³/mol. The van der Waals surface area contributed by atoms with E-state index in [0.29, 0.717) is 12.5 Å². The molecule has 0 N–H and O–H groups in total. The highest BCUT2D eigenvalue weighted by Crippen LogP contribution is 2.35. The van der Waals surface area contributed by atoms with Crippen LogP contribution in [0.4, 0.5) is 4.39 Å².